The number of benzene rings is 2. The summed E-state index contributed by atoms with van der Waals surface area (Å²) >= 11 is 3.48. The fraction of sp³-hybridized carbons (Fsp3) is 0.300. The summed E-state index contributed by atoms with van der Waals surface area (Å²) in [5, 5.41) is 0. The second-order valence-electron chi connectivity index (χ2n) is 5.46. The van der Waals surface area contributed by atoms with Crippen molar-refractivity contribution in [2.75, 3.05) is 19.6 Å². The molecule has 0 aliphatic rings. The van der Waals surface area contributed by atoms with E-state index in [1.807, 2.05) is 0 Å². The molecule has 1 nitrogen and oxygen atoms in total. The SMILES string of the molecule is CCN(CC)CC=C(C)c1ccc(-c2ccc(Br)cc2)cc1. The average molecular weight is 358 g/mol. The molecule has 0 radical (unpaired) electrons. The zero-order valence-corrected chi connectivity index (χ0v) is 15.2. The zero-order valence-electron chi connectivity index (χ0n) is 13.6. The van der Waals surface area contributed by atoms with E-state index in [4.69, 9.17) is 0 Å². The number of likely N-dealkylation sites (N-methyl/N-ethyl adjacent to an activating group) is 1. The van der Waals surface area contributed by atoms with Crippen molar-refractivity contribution in [1.29, 1.82) is 0 Å². The summed E-state index contributed by atoms with van der Waals surface area (Å²) in [5.74, 6) is 0. The van der Waals surface area contributed by atoms with Gasteiger partial charge in [0.25, 0.3) is 0 Å². The van der Waals surface area contributed by atoms with Crippen LogP contribution in [-0.2, 0) is 0 Å². The number of nitrogens with zero attached hydrogens (tertiary/aromatic N) is 1. The average Bonchev–Trinajstić information content (AvgIpc) is 2.56. The lowest BCUT2D eigenvalue weighted by Gasteiger charge is -2.16. The third-order valence-corrected chi connectivity index (χ3v) is 4.60. The molecule has 2 aromatic rings. The van der Waals surface area contributed by atoms with Crippen LogP contribution in [0.15, 0.2) is 59.1 Å². The van der Waals surface area contributed by atoms with Gasteiger partial charge in [-0.2, -0.15) is 0 Å². The van der Waals surface area contributed by atoms with Crippen LogP contribution in [0.5, 0.6) is 0 Å². The topological polar surface area (TPSA) is 3.24 Å². The van der Waals surface area contributed by atoms with Gasteiger partial charge >= 0.3 is 0 Å². The van der Waals surface area contributed by atoms with Crippen LogP contribution in [0.1, 0.15) is 26.3 Å². The lowest BCUT2D eigenvalue weighted by atomic mass is 10.0. The largest absolute Gasteiger partial charge is 0.300 e. The van der Waals surface area contributed by atoms with Crippen LogP contribution in [0, 0.1) is 0 Å². The Hall–Kier alpha value is -1.38. The van der Waals surface area contributed by atoms with Gasteiger partial charge in [0.2, 0.25) is 0 Å². The summed E-state index contributed by atoms with van der Waals surface area (Å²) in [6, 6.07) is 17.3. The smallest absolute Gasteiger partial charge is 0.0175 e. The highest BCUT2D eigenvalue weighted by Gasteiger charge is 2.01. The normalized spacial score (nSPS) is 12.0. The highest BCUT2D eigenvalue weighted by atomic mass is 79.9. The quantitative estimate of drug-likeness (QED) is 0.625. The molecule has 0 bridgehead atoms. The first-order valence-electron chi connectivity index (χ1n) is 7.89. The number of hydrogen-bond donors (Lipinski definition) is 0. The molecule has 0 aliphatic heterocycles. The molecule has 0 N–H and O–H groups in total. The molecular weight excluding hydrogens is 334 g/mol. The Kier molecular flexibility index (Phi) is 6.41. The van der Waals surface area contributed by atoms with Crippen LogP contribution >= 0.6 is 15.9 Å². The molecule has 2 rings (SSSR count). The highest BCUT2D eigenvalue weighted by Crippen LogP contribution is 2.24. The fourth-order valence-electron chi connectivity index (χ4n) is 2.43. The van der Waals surface area contributed by atoms with Gasteiger partial charge in [0.1, 0.15) is 0 Å². The second-order valence-corrected chi connectivity index (χ2v) is 6.37. The molecule has 0 amide bonds. The van der Waals surface area contributed by atoms with Gasteiger partial charge < -0.3 is 4.90 Å². The molecule has 2 aromatic carbocycles. The van der Waals surface area contributed by atoms with Crippen molar-refractivity contribution in [3.63, 3.8) is 0 Å². The van der Waals surface area contributed by atoms with Crippen molar-refractivity contribution >= 4 is 21.5 Å². The minimum atomic E-state index is 1.02. The van der Waals surface area contributed by atoms with Crippen molar-refractivity contribution in [3.05, 3.63) is 64.6 Å². The van der Waals surface area contributed by atoms with E-state index in [0.29, 0.717) is 0 Å². The molecule has 22 heavy (non-hydrogen) atoms. The fourth-order valence-corrected chi connectivity index (χ4v) is 2.70. The van der Waals surface area contributed by atoms with Crippen LogP contribution in [0.4, 0.5) is 0 Å². The van der Waals surface area contributed by atoms with Gasteiger partial charge in [-0.05, 0) is 54.4 Å². The van der Waals surface area contributed by atoms with Gasteiger partial charge in [0, 0.05) is 11.0 Å². The van der Waals surface area contributed by atoms with E-state index < -0.39 is 0 Å². The molecule has 0 atom stereocenters. The van der Waals surface area contributed by atoms with Crippen molar-refractivity contribution in [1.82, 2.24) is 4.90 Å². The van der Waals surface area contributed by atoms with E-state index in [2.05, 4.69) is 96.2 Å². The van der Waals surface area contributed by atoms with E-state index in [9.17, 15) is 0 Å². The van der Waals surface area contributed by atoms with Crippen molar-refractivity contribution in [2.45, 2.75) is 20.8 Å². The van der Waals surface area contributed by atoms with Crippen LogP contribution < -0.4 is 0 Å². The third-order valence-electron chi connectivity index (χ3n) is 4.07. The molecule has 0 unspecified atom stereocenters. The number of allylic oxidation sites excluding steroid dienone is 1. The predicted molar refractivity (Wildman–Crippen MR) is 101 cm³/mol. The molecule has 0 saturated carbocycles. The summed E-state index contributed by atoms with van der Waals surface area (Å²) in [5.41, 5.74) is 5.15. The van der Waals surface area contributed by atoms with Gasteiger partial charge in [0.15, 0.2) is 0 Å². The van der Waals surface area contributed by atoms with Crippen molar-refractivity contribution in [2.24, 2.45) is 0 Å². The maximum atomic E-state index is 3.48. The predicted octanol–water partition coefficient (Wildman–Crippen LogP) is 5.86. The Morgan fingerprint density at radius 2 is 1.41 bits per heavy atom. The first-order valence-corrected chi connectivity index (χ1v) is 8.68. The van der Waals surface area contributed by atoms with Gasteiger partial charge in [-0.1, -0.05) is 72.3 Å². The summed E-state index contributed by atoms with van der Waals surface area (Å²) in [6.45, 7) is 9.83. The Labute approximate surface area is 142 Å². The van der Waals surface area contributed by atoms with E-state index in [1.54, 1.807) is 0 Å². The number of hydrogen-bond acceptors (Lipinski definition) is 1. The lowest BCUT2D eigenvalue weighted by molar-refractivity contribution is 0.337. The molecule has 0 fully saturated rings. The molecule has 2 heteroatoms. The molecule has 0 heterocycles. The van der Waals surface area contributed by atoms with Crippen LogP contribution in [0.2, 0.25) is 0 Å². The minimum Gasteiger partial charge on any atom is -0.300 e. The zero-order chi connectivity index (χ0) is 15.9. The second kappa shape index (κ2) is 8.30. The van der Waals surface area contributed by atoms with Gasteiger partial charge in [-0.15, -0.1) is 0 Å². The van der Waals surface area contributed by atoms with Crippen LogP contribution in [-0.4, -0.2) is 24.5 Å². The first-order chi connectivity index (χ1) is 10.6. The third kappa shape index (κ3) is 4.56. The molecule has 0 saturated heterocycles. The molecule has 0 aliphatic carbocycles. The summed E-state index contributed by atoms with van der Waals surface area (Å²) < 4.78 is 1.11. The van der Waals surface area contributed by atoms with E-state index in [1.165, 1.54) is 22.3 Å². The lowest BCUT2D eigenvalue weighted by Crippen LogP contribution is -2.22. The minimum absolute atomic E-state index is 1.02. The van der Waals surface area contributed by atoms with E-state index >= 15 is 0 Å². The number of rotatable bonds is 6. The molecule has 0 spiro atoms. The first kappa shape index (κ1) is 17.0. The summed E-state index contributed by atoms with van der Waals surface area (Å²) in [7, 11) is 0. The van der Waals surface area contributed by atoms with Gasteiger partial charge in [0.05, 0.1) is 0 Å². The van der Waals surface area contributed by atoms with Crippen molar-refractivity contribution in [3.8, 4) is 11.1 Å². The van der Waals surface area contributed by atoms with E-state index in [-0.39, 0.29) is 0 Å². The Morgan fingerprint density at radius 3 is 1.91 bits per heavy atom. The van der Waals surface area contributed by atoms with Gasteiger partial charge in [-0.3, -0.25) is 0 Å². The highest BCUT2D eigenvalue weighted by molar-refractivity contribution is 9.10. The maximum absolute atomic E-state index is 3.48. The maximum Gasteiger partial charge on any atom is 0.0175 e. The Morgan fingerprint density at radius 1 is 0.909 bits per heavy atom. The molecule has 116 valence electrons. The number of halogens is 1. The Bertz CT molecular complexity index is 607. The standard InChI is InChI=1S/C20H24BrN/c1-4-22(5-2)15-14-16(3)17-6-8-18(9-7-17)19-10-12-20(21)13-11-19/h6-14H,4-5,15H2,1-3H3. The summed E-state index contributed by atoms with van der Waals surface area (Å²) in [4.78, 5) is 2.42. The van der Waals surface area contributed by atoms with Crippen molar-refractivity contribution < 1.29 is 0 Å². The van der Waals surface area contributed by atoms with Gasteiger partial charge in [-0.25, -0.2) is 0 Å². The van der Waals surface area contributed by atoms with Crippen LogP contribution in [0.25, 0.3) is 16.7 Å². The van der Waals surface area contributed by atoms with E-state index in [0.717, 1.165) is 24.1 Å². The monoisotopic (exact) mass is 357 g/mol. The Balaban J connectivity index is 2.11. The van der Waals surface area contributed by atoms with Crippen LogP contribution in [0.3, 0.4) is 0 Å². The molecule has 0 aromatic heterocycles. The summed E-state index contributed by atoms with van der Waals surface area (Å²) in [6.07, 6.45) is 2.32. The molecular formula is C20H24BrN.